The van der Waals surface area contributed by atoms with Gasteiger partial charge in [0.2, 0.25) is 0 Å². The van der Waals surface area contributed by atoms with Crippen molar-refractivity contribution in [3.8, 4) is 11.4 Å². The highest BCUT2D eigenvalue weighted by molar-refractivity contribution is 7.71. The third kappa shape index (κ3) is 2.43. The van der Waals surface area contributed by atoms with E-state index < -0.39 is 0 Å². The Morgan fingerprint density at radius 2 is 1.67 bits per heavy atom. The first-order chi connectivity index (χ1) is 10.1. The molecule has 0 fully saturated rings. The first-order valence-electron chi connectivity index (χ1n) is 6.81. The smallest absolute Gasteiger partial charge is 0.141 e. The molecule has 0 aliphatic carbocycles. The molecule has 21 heavy (non-hydrogen) atoms. The van der Waals surface area contributed by atoms with Crippen molar-refractivity contribution in [1.29, 1.82) is 0 Å². The molecule has 0 unspecified atom stereocenters. The zero-order valence-corrected chi connectivity index (χ0v) is 13.2. The van der Waals surface area contributed by atoms with Crippen molar-refractivity contribution in [3.63, 3.8) is 0 Å². The second-order valence-electron chi connectivity index (χ2n) is 5.26. The van der Waals surface area contributed by atoms with Crippen LogP contribution in [0.2, 0.25) is 0 Å². The summed E-state index contributed by atoms with van der Waals surface area (Å²) in [7, 11) is 6.09. The number of hydrogen-bond donors (Lipinski definition) is 0. The van der Waals surface area contributed by atoms with Crippen LogP contribution < -0.4 is 4.90 Å². The standard InChI is InChI=1S/C17H17N3S/c1-19(2)13-10-8-12(9-11-13)16-18-17(21)14-6-4-5-7-15(14)20(16)3/h4-11H,1-3H3. The van der Waals surface area contributed by atoms with Crippen molar-refractivity contribution in [3.05, 3.63) is 53.2 Å². The zero-order valence-electron chi connectivity index (χ0n) is 12.4. The van der Waals surface area contributed by atoms with Gasteiger partial charge in [0, 0.05) is 37.8 Å². The van der Waals surface area contributed by atoms with Gasteiger partial charge in [0.1, 0.15) is 10.5 Å². The maximum atomic E-state index is 5.44. The number of para-hydroxylation sites is 1. The fourth-order valence-electron chi connectivity index (χ4n) is 2.46. The largest absolute Gasteiger partial charge is 0.378 e. The van der Waals surface area contributed by atoms with Gasteiger partial charge in [0.15, 0.2) is 0 Å². The summed E-state index contributed by atoms with van der Waals surface area (Å²) >= 11 is 5.44. The molecule has 0 bridgehead atoms. The van der Waals surface area contributed by atoms with Gasteiger partial charge in [-0.3, -0.25) is 0 Å². The van der Waals surface area contributed by atoms with E-state index in [0.29, 0.717) is 4.64 Å². The Hall–Kier alpha value is -2.20. The van der Waals surface area contributed by atoms with E-state index in [1.165, 1.54) is 5.69 Å². The predicted molar refractivity (Wildman–Crippen MR) is 91.3 cm³/mol. The average molecular weight is 295 g/mol. The van der Waals surface area contributed by atoms with Crippen LogP contribution in [0.5, 0.6) is 0 Å². The van der Waals surface area contributed by atoms with Crippen LogP contribution >= 0.6 is 12.2 Å². The highest BCUT2D eigenvalue weighted by Gasteiger charge is 2.08. The molecule has 106 valence electrons. The fourth-order valence-corrected chi connectivity index (χ4v) is 2.72. The molecule has 1 aromatic heterocycles. The zero-order chi connectivity index (χ0) is 15.0. The number of fused-ring (bicyclic) bond motifs is 1. The predicted octanol–water partition coefficient (Wildman–Crippen LogP) is 4.04. The van der Waals surface area contributed by atoms with E-state index in [0.717, 1.165) is 22.3 Å². The van der Waals surface area contributed by atoms with Crippen LogP contribution in [0.1, 0.15) is 0 Å². The molecule has 1 heterocycles. The molecule has 0 aliphatic rings. The normalized spacial score (nSPS) is 10.8. The summed E-state index contributed by atoms with van der Waals surface area (Å²) in [4.78, 5) is 6.69. The number of anilines is 1. The Morgan fingerprint density at radius 3 is 2.33 bits per heavy atom. The monoisotopic (exact) mass is 295 g/mol. The first-order valence-corrected chi connectivity index (χ1v) is 7.22. The third-order valence-corrected chi connectivity index (χ3v) is 3.97. The lowest BCUT2D eigenvalue weighted by molar-refractivity contribution is 0.921. The number of benzene rings is 2. The number of hydrogen-bond acceptors (Lipinski definition) is 3. The Bertz CT molecular complexity index is 848. The second kappa shape index (κ2) is 5.30. The van der Waals surface area contributed by atoms with Gasteiger partial charge in [-0.1, -0.05) is 24.4 Å². The lowest BCUT2D eigenvalue weighted by Gasteiger charge is -2.15. The van der Waals surface area contributed by atoms with Gasteiger partial charge < -0.3 is 9.47 Å². The van der Waals surface area contributed by atoms with Crippen LogP contribution in [0.25, 0.3) is 22.3 Å². The minimum atomic E-state index is 0.649. The number of aryl methyl sites for hydroxylation is 1. The van der Waals surface area contributed by atoms with Crippen LogP contribution in [0.4, 0.5) is 5.69 Å². The molecule has 0 aliphatic heterocycles. The van der Waals surface area contributed by atoms with Crippen LogP contribution in [0.3, 0.4) is 0 Å². The van der Waals surface area contributed by atoms with E-state index in [4.69, 9.17) is 12.2 Å². The SMILES string of the molecule is CN(C)c1ccc(-c2nc(=S)c3ccccc3n2C)cc1. The van der Waals surface area contributed by atoms with Crippen LogP contribution in [-0.4, -0.2) is 23.6 Å². The van der Waals surface area contributed by atoms with Crippen molar-refractivity contribution < 1.29 is 0 Å². The Labute approximate surface area is 129 Å². The Morgan fingerprint density at radius 1 is 1.00 bits per heavy atom. The van der Waals surface area contributed by atoms with E-state index >= 15 is 0 Å². The summed E-state index contributed by atoms with van der Waals surface area (Å²) in [5.74, 6) is 0.893. The van der Waals surface area contributed by atoms with E-state index in [2.05, 4.69) is 44.8 Å². The maximum absolute atomic E-state index is 5.44. The first kappa shape index (κ1) is 13.8. The van der Waals surface area contributed by atoms with Crippen LogP contribution in [-0.2, 0) is 7.05 Å². The van der Waals surface area contributed by atoms with Crippen molar-refractivity contribution in [2.75, 3.05) is 19.0 Å². The van der Waals surface area contributed by atoms with Gasteiger partial charge in [-0.15, -0.1) is 0 Å². The molecule has 0 N–H and O–H groups in total. The summed E-state index contributed by atoms with van der Waals surface area (Å²) in [6, 6.07) is 16.5. The molecule has 3 aromatic rings. The van der Waals surface area contributed by atoms with Crippen molar-refractivity contribution in [2.45, 2.75) is 0 Å². The molecule has 0 spiro atoms. The van der Waals surface area contributed by atoms with Crippen molar-refractivity contribution >= 4 is 28.8 Å². The Kier molecular flexibility index (Phi) is 3.47. The topological polar surface area (TPSA) is 21.1 Å². The molecule has 0 saturated heterocycles. The highest BCUT2D eigenvalue weighted by Crippen LogP contribution is 2.24. The minimum absolute atomic E-state index is 0.649. The summed E-state index contributed by atoms with van der Waals surface area (Å²) < 4.78 is 2.74. The van der Waals surface area contributed by atoms with Crippen LogP contribution in [0, 0.1) is 4.64 Å². The fraction of sp³-hybridized carbons (Fsp3) is 0.176. The molecule has 0 radical (unpaired) electrons. The molecule has 0 saturated carbocycles. The lowest BCUT2D eigenvalue weighted by atomic mass is 10.1. The summed E-state index contributed by atoms with van der Waals surface area (Å²) in [6.07, 6.45) is 0. The van der Waals surface area contributed by atoms with Gasteiger partial charge in [0.25, 0.3) is 0 Å². The molecule has 2 aromatic carbocycles. The molecule has 4 heteroatoms. The van der Waals surface area contributed by atoms with Gasteiger partial charge >= 0.3 is 0 Å². The summed E-state index contributed by atoms with van der Waals surface area (Å²) in [5.41, 5.74) is 3.34. The van der Waals surface area contributed by atoms with Crippen molar-refractivity contribution in [1.82, 2.24) is 9.55 Å². The van der Waals surface area contributed by atoms with E-state index in [9.17, 15) is 0 Å². The minimum Gasteiger partial charge on any atom is -0.378 e. The van der Waals surface area contributed by atoms with Gasteiger partial charge in [-0.25, -0.2) is 4.98 Å². The molecular formula is C17H17N3S. The molecular weight excluding hydrogens is 278 g/mol. The highest BCUT2D eigenvalue weighted by atomic mass is 32.1. The molecule has 3 rings (SSSR count). The summed E-state index contributed by atoms with van der Waals surface area (Å²) in [5, 5.41) is 1.02. The average Bonchev–Trinajstić information content (AvgIpc) is 2.51. The summed E-state index contributed by atoms with van der Waals surface area (Å²) in [6.45, 7) is 0. The van der Waals surface area contributed by atoms with Gasteiger partial charge in [0.05, 0.1) is 5.52 Å². The molecule has 3 nitrogen and oxygen atoms in total. The van der Waals surface area contributed by atoms with Gasteiger partial charge in [-0.2, -0.15) is 0 Å². The van der Waals surface area contributed by atoms with E-state index in [1.54, 1.807) is 0 Å². The second-order valence-corrected chi connectivity index (χ2v) is 5.64. The number of aromatic nitrogens is 2. The number of rotatable bonds is 2. The van der Waals surface area contributed by atoms with E-state index in [-0.39, 0.29) is 0 Å². The Balaban J connectivity index is 2.21. The van der Waals surface area contributed by atoms with Crippen LogP contribution in [0.15, 0.2) is 48.5 Å². The molecule has 0 amide bonds. The van der Waals surface area contributed by atoms with Gasteiger partial charge in [-0.05, 0) is 36.4 Å². The van der Waals surface area contributed by atoms with E-state index in [1.807, 2.05) is 39.3 Å². The third-order valence-electron chi connectivity index (χ3n) is 3.66. The quantitative estimate of drug-likeness (QED) is 0.666. The van der Waals surface area contributed by atoms with Crippen molar-refractivity contribution in [2.24, 2.45) is 7.05 Å². The molecule has 0 atom stereocenters. The lowest BCUT2D eigenvalue weighted by Crippen LogP contribution is -2.08. The number of nitrogens with zero attached hydrogens (tertiary/aromatic N) is 3. The maximum Gasteiger partial charge on any atom is 0.141 e.